The van der Waals surface area contributed by atoms with Gasteiger partial charge in [-0.15, -0.1) is 0 Å². The Hall–Kier alpha value is -1.24. The molecule has 1 unspecified atom stereocenters. The van der Waals surface area contributed by atoms with Crippen LogP contribution in [0.1, 0.15) is 113 Å². The van der Waals surface area contributed by atoms with E-state index in [2.05, 4.69) is 27.7 Å². The molecule has 1 aromatic rings. The summed E-state index contributed by atoms with van der Waals surface area (Å²) in [6.07, 6.45) is 11.6. The Kier molecular flexibility index (Phi) is 7.59. The standard InChI is InChI=1S/C24H36O/c1-6-11-17(5)22-19(13-8-3)20(14-9-4)24(25)23-18(12-7-2)15-10-16-21(22)23/h18,25H,6-16H2,1-4H3. The summed E-state index contributed by atoms with van der Waals surface area (Å²) in [5.41, 5.74) is 7.01. The summed E-state index contributed by atoms with van der Waals surface area (Å²) in [5, 5.41) is 11.2. The van der Waals surface area contributed by atoms with E-state index in [-0.39, 0.29) is 0 Å². The van der Waals surface area contributed by atoms with E-state index in [9.17, 15) is 5.11 Å². The lowest BCUT2D eigenvalue weighted by Crippen LogP contribution is -2.16. The number of aromatic hydroxyl groups is 1. The van der Waals surface area contributed by atoms with E-state index in [0.717, 1.165) is 68.9 Å². The fourth-order valence-corrected chi connectivity index (χ4v) is 4.71. The van der Waals surface area contributed by atoms with E-state index in [1.54, 1.807) is 0 Å². The average Bonchev–Trinajstić information content (AvgIpc) is 2.59. The molecule has 0 fully saturated rings. The minimum Gasteiger partial charge on any atom is -0.507 e. The third-order valence-corrected chi connectivity index (χ3v) is 5.66. The fourth-order valence-electron chi connectivity index (χ4n) is 4.71. The van der Waals surface area contributed by atoms with Crippen LogP contribution < -0.4 is 0 Å². The van der Waals surface area contributed by atoms with Crippen molar-refractivity contribution in [3.8, 4) is 5.75 Å². The molecule has 138 valence electrons. The maximum absolute atomic E-state index is 11.2. The van der Waals surface area contributed by atoms with Gasteiger partial charge in [0.05, 0.1) is 0 Å². The van der Waals surface area contributed by atoms with Crippen LogP contribution in [-0.2, 0) is 19.3 Å². The van der Waals surface area contributed by atoms with E-state index >= 15 is 0 Å². The highest BCUT2D eigenvalue weighted by Gasteiger charge is 2.30. The lowest BCUT2D eigenvalue weighted by atomic mass is 9.73. The third-order valence-electron chi connectivity index (χ3n) is 5.66. The van der Waals surface area contributed by atoms with E-state index in [4.69, 9.17) is 6.58 Å². The minimum absolute atomic E-state index is 0.480. The summed E-state index contributed by atoms with van der Waals surface area (Å²) in [6, 6.07) is 0. The Balaban J connectivity index is 2.75. The van der Waals surface area contributed by atoms with Crippen LogP contribution in [-0.4, -0.2) is 5.11 Å². The van der Waals surface area contributed by atoms with Crippen molar-refractivity contribution in [1.29, 1.82) is 0 Å². The molecule has 25 heavy (non-hydrogen) atoms. The Morgan fingerprint density at radius 3 is 2.28 bits per heavy atom. The average molecular weight is 341 g/mol. The van der Waals surface area contributed by atoms with Crippen LogP contribution in [0.2, 0.25) is 0 Å². The molecule has 0 amide bonds. The van der Waals surface area contributed by atoms with Gasteiger partial charge < -0.3 is 5.11 Å². The quantitative estimate of drug-likeness (QED) is 0.512. The van der Waals surface area contributed by atoms with Crippen molar-refractivity contribution in [3.63, 3.8) is 0 Å². The molecular formula is C24H36O. The molecule has 0 aliphatic heterocycles. The fraction of sp³-hybridized carbons (Fsp3) is 0.667. The lowest BCUT2D eigenvalue weighted by molar-refractivity contribution is 0.428. The van der Waals surface area contributed by atoms with Crippen molar-refractivity contribution >= 4 is 5.57 Å². The number of phenolic OH excluding ortho intramolecular Hbond substituents is 1. The van der Waals surface area contributed by atoms with E-state index in [1.165, 1.54) is 35.1 Å². The zero-order valence-electron chi connectivity index (χ0n) is 16.8. The summed E-state index contributed by atoms with van der Waals surface area (Å²) in [5.74, 6) is 1.07. The first-order valence-electron chi connectivity index (χ1n) is 10.6. The molecule has 0 heterocycles. The molecule has 1 aromatic carbocycles. The monoisotopic (exact) mass is 340 g/mol. The molecule has 0 saturated carbocycles. The van der Waals surface area contributed by atoms with Gasteiger partial charge in [0.25, 0.3) is 0 Å². The van der Waals surface area contributed by atoms with Crippen LogP contribution >= 0.6 is 0 Å². The van der Waals surface area contributed by atoms with Gasteiger partial charge >= 0.3 is 0 Å². The maximum Gasteiger partial charge on any atom is 0.122 e. The minimum atomic E-state index is 0.480. The van der Waals surface area contributed by atoms with Gasteiger partial charge in [0, 0.05) is 5.56 Å². The maximum atomic E-state index is 11.2. The summed E-state index contributed by atoms with van der Waals surface area (Å²) < 4.78 is 0. The van der Waals surface area contributed by atoms with Gasteiger partial charge in [-0.2, -0.15) is 0 Å². The highest BCUT2D eigenvalue weighted by Crippen LogP contribution is 2.47. The van der Waals surface area contributed by atoms with Crippen molar-refractivity contribution in [1.82, 2.24) is 0 Å². The smallest absolute Gasteiger partial charge is 0.122 e. The molecule has 1 atom stereocenters. The molecule has 2 rings (SSSR count). The van der Waals surface area contributed by atoms with Crippen molar-refractivity contribution in [3.05, 3.63) is 34.4 Å². The molecule has 1 aliphatic rings. The second kappa shape index (κ2) is 9.46. The topological polar surface area (TPSA) is 20.2 Å². The van der Waals surface area contributed by atoms with Crippen LogP contribution in [0.3, 0.4) is 0 Å². The summed E-state index contributed by atoms with van der Waals surface area (Å²) in [4.78, 5) is 0. The summed E-state index contributed by atoms with van der Waals surface area (Å²) >= 11 is 0. The van der Waals surface area contributed by atoms with Gasteiger partial charge in [-0.3, -0.25) is 0 Å². The van der Waals surface area contributed by atoms with Gasteiger partial charge in [-0.05, 0) is 85.3 Å². The van der Waals surface area contributed by atoms with Crippen molar-refractivity contribution in [2.75, 3.05) is 0 Å². The summed E-state index contributed by atoms with van der Waals surface area (Å²) in [7, 11) is 0. The molecule has 1 N–H and O–H groups in total. The number of benzene rings is 1. The van der Waals surface area contributed by atoms with Crippen molar-refractivity contribution in [2.24, 2.45) is 0 Å². The van der Waals surface area contributed by atoms with Gasteiger partial charge in [0.2, 0.25) is 0 Å². The largest absolute Gasteiger partial charge is 0.507 e. The zero-order chi connectivity index (χ0) is 18.4. The predicted octanol–water partition coefficient (Wildman–Crippen LogP) is 7.01. The summed E-state index contributed by atoms with van der Waals surface area (Å²) in [6.45, 7) is 17.6. The molecule has 2 radical (unpaired) electrons. The van der Waals surface area contributed by atoms with E-state index < -0.39 is 0 Å². The van der Waals surface area contributed by atoms with Crippen LogP contribution in [0.5, 0.6) is 5.75 Å². The molecular weight excluding hydrogens is 304 g/mol. The number of phenols is 1. The number of fused-ring (bicyclic) bond motifs is 1. The van der Waals surface area contributed by atoms with Gasteiger partial charge in [-0.1, -0.05) is 53.4 Å². The normalized spacial score (nSPS) is 16.7. The second-order valence-electron chi connectivity index (χ2n) is 7.68. The molecule has 1 heteroatoms. The molecule has 0 saturated heterocycles. The second-order valence-corrected chi connectivity index (χ2v) is 7.68. The molecule has 0 bridgehead atoms. The third kappa shape index (κ3) is 4.13. The first-order chi connectivity index (χ1) is 12.1. The van der Waals surface area contributed by atoms with E-state index in [0.29, 0.717) is 11.7 Å². The van der Waals surface area contributed by atoms with Gasteiger partial charge in [0.1, 0.15) is 5.75 Å². The number of hydrogen-bond acceptors (Lipinski definition) is 1. The van der Waals surface area contributed by atoms with Crippen LogP contribution in [0.4, 0.5) is 0 Å². The lowest BCUT2D eigenvalue weighted by Gasteiger charge is -2.32. The molecule has 1 nitrogen and oxygen atoms in total. The Labute approximate surface area is 155 Å². The Morgan fingerprint density at radius 1 is 1.00 bits per heavy atom. The number of hydrogen-bond donors (Lipinski definition) is 1. The van der Waals surface area contributed by atoms with Crippen molar-refractivity contribution < 1.29 is 5.11 Å². The van der Waals surface area contributed by atoms with Crippen molar-refractivity contribution in [2.45, 2.75) is 104 Å². The predicted molar refractivity (Wildman–Crippen MR) is 108 cm³/mol. The SMILES string of the molecule is [C]=C(CCC)c1c(CCC)c(CCC)c(O)c2c1CCCC2CCC. The van der Waals surface area contributed by atoms with Gasteiger partial charge in [-0.25, -0.2) is 0 Å². The first kappa shape index (κ1) is 20.1. The number of rotatable bonds is 9. The highest BCUT2D eigenvalue weighted by atomic mass is 16.3. The zero-order valence-corrected chi connectivity index (χ0v) is 16.8. The Morgan fingerprint density at radius 2 is 1.68 bits per heavy atom. The van der Waals surface area contributed by atoms with Crippen LogP contribution in [0.15, 0.2) is 0 Å². The highest BCUT2D eigenvalue weighted by molar-refractivity contribution is 5.74. The Bertz CT molecular complexity index is 597. The molecule has 0 spiro atoms. The first-order valence-corrected chi connectivity index (χ1v) is 10.6. The number of allylic oxidation sites excluding steroid dienone is 1. The van der Waals surface area contributed by atoms with Crippen LogP contribution in [0, 0.1) is 6.58 Å². The molecule has 0 aromatic heterocycles. The van der Waals surface area contributed by atoms with Gasteiger partial charge in [0.15, 0.2) is 0 Å². The molecule has 1 aliphatic carbocycles. The van der Waals surface area contributed by atoms with E-state index in [1.807, 2.05) is 0 Å². The van der Waals surface area contributed by atoms with Crippen LogP contribution in [0.25, 0.3) is 5.57 Å².